The molecule has 0 aliphatic carbocycles. The molecule has 13 heavy (non-hydrogen) atoms. The molecule has 1 heterocycles. The molecule has 1 heteroatoms. The Morgan fingerprint density at radius 3 is 2.46 bits per heavy atom. The predicted octanol–water partition coefficient (Wildman–Crippen LogP) is 3.69. The molecule has 0 N–H and O–H groups in total. The minimum Gasteiger partial charge on any atom is -0.367 e. The van der Waals surface area contributed by atoms with Crippen molar-refractivity contribution in [2.45, 2.75) is 59.0 Å². The van der Waals surface area contributed by atoms with Crippen LogP contribution in [0.25, 0.3) is 0 Å². The summed E-state index contributed by atoms with van der Waals surface area (Å²) in [7, 11) is 0. The summed E-state index contributed by atoms with van der Waals surface area (Å²) < 4.78 is 5.84. The maximum absolute atomic E-state index is 5.84. The molecule has 0 radical (unpaired) electrons. The first-order valence-corrected chi connectivity index (χ1v) is 5.41. The molecule has 0 aromatic heterocycles. The van der Waals surface area contributed by atoms with E-state index in [1.54, 1.807) is 0 Å². The first-order valence-electron chi connectivity index (χ1n) is 5.41. The van der Waals surface area contributed by atoms with Crippen LogP contribution < -0.4 is 0 Å². The number of hydrogen-bond acceptors (Lipinski definition) is 1. The summed E-state index contributed by atoms with van der Waals surface area (Å²) in [4.78, 5) is 0. The molecule has 1 nitrogen and oxygen atoms in total. The van der Waals surface area contributed by atoms with Crippen molar-refractivity contribution in [1.82, 2.24) is 0 Å². The quantitative estimate of drug-likeness (QED) is 0.476. The van der Waals surface area contributed by atoms with Crippen molar-refractivity contribution in [3.8, 4) is 0 Å². The molecule has 0 saturated heterocycles. The van der Waals surface area contributed by atoms with Gasteiger partial charge in [-0.2, -0.15) is 0 Å². The normalized spacial score (nSPS) is 28.6. The molecule has 0 aromatic carbocycles. The van der Waals surface area contributed by atoms with Gasteiger partial charge in [-0.15, -0.1) is 0 Å². The summed E-state index contributed by atoms with van der Waals surface area (Å²) in [6, 6.07) is 0. The van der Waals surface area contributed by atoms with Crippen LogP contribution in [0.2, 0.25) is 0 Å². The Morgan fingerprint density at radius 2 is 2.00 bits per heavy atom. The van der Waals surface area contributed by atoms with Gasteiger partial charge in [0.15, 0.2) is 0 Å². The zero-order chi connectivity index (χ0) is 9.90. The fourth-order valence-corrected chi connectivity index (χ4v) is 1.91. The summed E-state index contributed by atoms with van der Waals surface area (Å²) in [6.07, 6.45) is 5.09. The first-order chi connectivity index (χ1) is 6.10. The summed E-state index contributed by atoms with van der Waals surface area (Å²) >= 11 is 0. The van der Waals surface area contributed by atoms with Gasteiger partial charge < -0.3 is 4.74 Å². The van der Waals surface area contributed by atoms with Gasteiger partial charge >= 0.3 is 0 Å². The molecular weight excluding hydrogens is 160 g/mol. The largest absolute Gasteiger partial charge is 0.367 e. The lowest BCUT2D eigenvalue weighted by molar-refractivity contribution is 0.0239. The molecule has 76 valence electrons. The zero-order valence-electron chi connectivity index (χ0n) is 9.44. The van der Waals surface area contributed by atoms with Gasteiger partial charge in [-0.25, -0.2) is 0 Å². The topological polar surface area (TPSA) is 9.23 Å². The summed E-state index contributed by atoms with van der Waals surface area (Å²) in [5, 5.41) is 0. The second kappa shape index (κ2) is 4.28. The van der Waals surface area contributed by atoms with Gasteiger partial charge in [0.2, 0.25) is 0 Å². The molecule has 1 atom stereocenters. The Morgan fingerprint density at radius 1 is 1.31 bits per heavy atom. The maximum Gasteiger partial charge on any atom is 0.0868 e. The van der Waals surface area contributed by atoms with Gasteiger partial charge in [0.1, 0.15) is 0 Å². The van der Waals surface area contributed by atoms with Crippen LogP contribution in [0, 0.1) is 0 Å². The van der Waals surface area contributed by atoms with Crippen LogP contribution in [0.4, 0.5) is 0 Å². The predicted molar refractivity (Wildman–Crippen MR) is 56.9 cm³/mol. The van der Waals surface area contributed by atoms with Crippen molar-refractivity contribution in [3.05, 3.63) is 11.1 Å². The molecule has 1 aliphatic rings. The lowest BCUT2D eigenvalue weighted by Crippen LogP contribution is -2.25. The highest BCUT2D eigenvalue weighted by Gasteiger charge is 2.32. The van der Waals surface area contributed by atoms with E-state index in [9.17, 15) is 0 Å². The van der Waals surface area contributed by atoms with E-state index in [4.69, 9.17) is 4.74 Å². The van der Waals surface area contributed by atoms with E-state index < -0.39 is 0 Å². The molecule has 0 fully saturated rings. The maximum atomic E-state index is 5.84. The van der Waals surface area contributed by atoms with Crippen LogP contribution in [0.5, 0.6) is 0 Å². The Labute approximate surface area is 82.2 Å². The lowest BCUT2D eigenvalue weighted by Gasteiger charge is -2.25. The van der Waals surface area contributed by atoms with Crippen molar-refractivity contribution in [2.75, 3.05) is 6.61 Å². The molecule has 0 aromatic rings. The highest BCUT2D eigenvalue weighted by atomic mass is 16.5. The molecule has 1 unspecified atom stereocenters. The van der Waals surface area contributed by atoms with Gasteiger partial charge in [0, 0.05) is 0 Å². The average molecular weight is 182 g/mol. The highest BCUT2D eigenvalue weighted by molar-refractivity contribution is 5.25. The Bertz CT molecular complexity index is 205. The third kappa shape index (κ3) is 2.34. The number of rotatable bonds is 4. The van der Waals surface area contributed by atoms with E-state index in [1.165, 1.54) is 36.8 Å². The number of unbranched alkanes of at least 4 members (excludes halogenated alkanes) is 2. The van der Waals surface area contributed by atoms with Crippen LogP contribution >= 0.6 is 0 Å². The van der Waals surface area contributed by atoms with Crippen LogP contribution in [-0.4, -0.2) is 12.2 Å². The second-order valence-electron chi connectivity index (χ2n) is 4.38. The van der Waals surface area contributed by atoms with Gasteiger partial charge in [-0.3, -0.25) is 0 Å². The van der Waals surface area contributed by atoms with E-state index in [2.05, 4.69) is 27.7 Å². The van der Waals surface area contributed by atoms with E-state index in [0.717, 1.165) is 6.61 Å². The van der Waals surface area contributed by atoms with E-state index in [-0.39, 0.29) is 5.60 Å². The van der Waals surface area contributed by atoms with Crippen LogP contribution in [0.1, 0.15) is 53.4 Å². The van der Waals surface area contributed by atoms with Gasteiger partial charge in [0.05, 0.1) is 12.2 Å². The Hall–Kier alpha value is -0.300. The van der Waals surface area contributed by atoms with E-state index in [0.29, 0.717) is 0 Å². The second-order valence-corrected chi connectivity index (χ2v) is 4.38. The van der Waals surface area contributed by atoms with Crippen LogP contribution in [-0.2, 0) is 4.74 Å². The van der Waals surface area contributed by atoms with Gasteiger partial charge in [0.25, 0.3) is 0 Å². The summed E-state index contributed by atoms with van der Waals surface area (Å²) in [5.41, 5.74) is 2.95. The van der Waals surface area contributed by atoms with E-state index in [1.807, 2.05) is 0 Å². The molecule has 0 saturated carbocycles. The van der Waals surface area contributed by atoms with Gasteiger partial charge in [-0.1, -0.05) is 26.2 Å². The molecule has 1 rings (SSSR count). The molecule has 1 aliphatic heterocycles. The van der Waals surface area contributed by atoms with Crippen molar-refractivity contribution < 1.29 is 4.74 Å². The smallest absolute Gasteiger partial charge is 0.0868 e. The van der Waals surface area contributed by atoms with Crippen molar-refractivity contribution in [2.24, 2.45) is 0 Å². The lowest BCUT2D eigenvalue weighted by atomic mass is 9.90. The SMILES string of the molecule is CCCCCC1(C)OCC(C)=C1C. The molecule has 0 spiro atoms. The monoisotopic (exact) mass is 182 g/mol. The van der Waals surface area contributed by atoms with Gasteiger partial charge in [-0.05, 0) is 38.3 Å². The van der Waals surface area contributed by atoms with E-state index >= 15 is 0 Å². The highest BCUT2D eigenvalue weighted by Crippen LogP contribution is 2.35. The van der Waals surface area contributed by atoms with Crippen LogP contribution in [0.15, 0.2) is 11.1 Å². The fraction of sp³-hybridized carbons (Fsp3) is 0.833. The molecule has 0 bridgehead atoms. The zero-order valence-corrected chi connectivity index (χ0v) is 9.44. The van der Waals surface area contributed by atoms with Crippen molar-refractivity contribution >= 4 is 0 Å². The van der Waals surface area contributed by atoms with Crippen molar-refractivity contribution in [1.29, 1.82) is 0 Å². The minimum atomic E-state index is 0.0548. The average Bonchev–Trinajstić information content (AvgIpc) is 2.35. The number of ether oxygens (including phenoxy) is 1. The fourth-order valence-electron chi connectivity index (χ4n) is 1.91. The first kappa shape index (κ1) is 10.8. The number of hydrogen-bond donors (Lipinski definition) is 0. The third-order valence-corrected chi connectivity index (χ3v) is 3.30. The Balaban J connectivity index is 2.48. The summed E-state index contributed by atoms with van der Waals surface area (Å²) in [5.74, 6) is 0. The molecule has 0 amide bonds. The Kier molecular flexibility index (Phi) is 3.55. The summed E-state index contributed by atoms with van der Waals surface area (Å²) in [6.45, 7) is 9.71. The van der Waals surface area contributed by atoms with Crippen molar-refractivity contribution in [3.63, 3.8) is 0 Å². The molecular formula is C12H22O. The van der Waals surface area contributed by atoms with Crippen LogP contribution in [0.3, 0.4) is 0 Å². The third-order valence-electron chi connectivity index (χ3n) is 3.30. The standard InChI is InChI=1S/C12H22O/c1-5-6-7-8-12(4)11(3)10(2)9-13-12/h5-9H2,1-4H3. The minimum absolute atomic E-state index is 0.0548.